The summed E-state index contributed by atoms with van der Waals surface area (Å²) in [7, 11) is 0. The summed E-state index contributed by atoms with van der Waals surface area (Å²) in [6.07, 6.45) is 2.30. The number of likely N-dealkylation sites (tertiary alicyclic amines) is 1. The quantitative estimate of drug-likeness (QED) is 0.810. The molecule has 1 saturated heterocycles. The summed E-state index contributed by atoms with van der Waals surface area (Å²) >= 11 is 0. The number of nitrogens with one attached hydrogen (secondary N) is 1. The zero-order valence-corrected chi connectivity index (χ0v) is 10.5. The van der Waals surface area contributed by atoms with E-state index in [1.54, 1.807) is 0 Å². The molecule has 6 heteroatoms. The van der Waals surface area contributed by atoms with Gasteiger partial charge in [0, 0.05) is 18.7 Å². The minimum absolute atomic E-state index is 0.0000185. The molecule has 1 fully saturated rings. The lowest BCUT2D eigenvalue weighted by Crippen LogP contribution is -2.40. The molecule has 1 heterocycles. The first-order valence-electron chi connectivity index (χ1n) is 6.19. The number of halogens is 1. The first-order valence-corrected chi connectivity index (χ1v) is 6.19. The highest BCUT2D eigenvalue weighted by Gasteiger charge is 2.20. The van der Waals surface area contributed by atoms with Crippen LogP contribution in [0.25, 0.3) is 0 Å². The van der Waals surface area contributed by atoms with Crippen molar-refractivity contribution in [3.8, 4) is 0 Å². The Kier molecular flexibility index (Phi) is 3.99. The van der Waals surface area contributed by atoms with Gasteiger partial charge in [0.2, 0.25) is 11.8 Å². The second-order valence-electron chi connectivity index (χ2n) is 4.56. The minimum atomic E-state index is -0.524. The van der Waals surface area contributed by atoms with E-state index < -0.39 is 5.82 Å². The van der Waals surface area contributed by atoms with Crippen molar-refractivity contribution >= 4 is 23.2 Å². The second kappa shape index (κ2) is 5.69. The summed E-state index contributed by atoms with van der Waals surface area (Å²) in [5.41, 5.74) is 5.81. The van der Waals surface area contributed by atoms with Crippen molar-refractivity contribution in [2.24, 2.45) is 0 Å². The number of rotatable bonds is 3. The number of nitrogens with two attached hydrogens (primary N) is 1. The molecule has 1 aliphatic heterocycles. The molecule has 0 atom stereocenters. The van der Waals surface area contributed by atoms with Crippen molar-refractivity contribution in [3.05, 3.63) is 24.0 Å². The number of carbonyl (C=O) groups is 2. The molecule has 19 heavy (non-hydrogen) atoms. The number of nitrogens with zero attached hydrogens (tertiary/aromatic N) is 1. The number of carbonyl (C=O) groups excluding carboxylic acids is 2. The van der Waals surface area contributed by atoms with Crippen LogP contribution in [0.2, 0.25) is 0 Å². The highest BCUT2D eigenvalue weighted by atomic mass is 19.1. The van der Waals surface area contributed by atoms with E-state index in [1.807, 2.05) is 0 Å². The molecule has 0 aliphatic carbocycles. The fourth-order valence-electron chi connectivity index (χ4n) is 2.02. The van der Waals surface area contributed by atoms with Crippen molar-refractivity contribution in [1.29, 1.82) is 0 Å². The molecule has 0 aromatic heterocycles. The Morgan fingerprint density at radius 2 is 2.21 bits per heavy atom. The zero-order valence-electron chi connectivity index (χ0n) is 10.5. The molecule has 0 spiro atoms. The smallest absolute Gasteiger partial charge is 0.243 e. The molecule has 0 radical (unpaired) electrons. The Labute approximate surface area is 110 Å². The Morgan fingerprint density at radius 3 is 2.89 bits per heavy atom. The highest BCUT2D eigenvalue weighted by molar-refractivity contribution is 5.95. The van der Waals surface area contributed by atoms with Crippen molar-refractivity contribution in [3.63, 3.8) is 0 Å². The predicted molar refractivity (Wildman–Crippen MR) is 69.9 cm³/mol. The van der Waals surface area contributed by atoms with Crippen LogP contribution in [0.4, 0.5) is 15.8 Å². The standard InChI is InChI=1S/C13H16FN3O2/c14-10-5-4-9(7-11(10)15)16-12(18)8-17-6-2-1-3-13(17)19/h4-5,7H,1-3,6,8,15H2,(H,16,18). The molecule has 1 aromatic carbocycles. The Balaban J connectivity index is 1.93. The summed E-state index contributed by atoms with van der Waals surface area (Å²) in [6, 6.07) is 3.98. The maximum atomic E-state index is 13.0. The molecule has 5 nitrogen and oxygen atoms in total. The van der Waals surface area contributed by atoms with Crippen LogP contribution < -0.4 is 11.1 Å². The van der Waals surface area contributed by atoms with Gasteiger partial charge in [-0.2, -0.15) is 0 Å². The molecule has 2 amide bonds. The number of benzene rings is 1. The van der Waals surface area contributed by atoms with Gasteiger partial charge in [0.05, 0.1) is 12.2 Å². The molecule has 0 bridgehead atoms. The van der Waals surface area contributed by atoms with E-state index in [1.165, 1.54) is 23.1 Å². The van der Waals surface area contributed by atoms with E-state index in [0.717, 1.165) is 12.8 Å². The third-order valence-electron chi connectivity index (χ3n) is 3.04. The Bertz CT molecular complexity index is 505. The van der Waals surface area contributed by atoms with Gasteiger partial charge in [-0.25, -0.2) is 4.39 Å². The van der Waals surface area contributed by atoms with Crippen LogP contribution in [0.1, 0.15) is 19.3 Å². The Hall–Kier alpha value is -2.11. The van der Waals surface area contributed by atoms with Gasteiger partial charge in [-0.05, 0) is 31.0 Å². The molecule has 3 N–H and O–H groups in total. The average Bonchev–Trinajstić information content (AvgIpc) is 2.37. The molecule has 0 unspecified atom stereocenters. The monoisotopic (exact) mass is 265 g/mol. The largest absolute Gasteiger partial charge is 0.396 e. The number of amides is 2. The molecule has 0 saturated carbocycles. The van der Waals surface area contributed by atoms with Crippen LogP contribution in [0.15, 0.2) is 18.2 Å². The maximum Gasteiger partial charge on any atom is 0.243 e. The summed E-state index contributed by atoms with van der Waals surface area (Å²) in [4.78, 5) is 24.9. The van der Waals surface area contributed by atoms with E-state index >= 15 is 0 Å². The lowest BCUT2D eigenvalue weighted by molar-refractivity contribution is -0.136. The minimum Gasteiger partial charge on any atom is -0.396 e. The number of hydrogen-bond acceptors (Lipinski definition) is 3. The fourth-order valence-corrected chi connectivity index (χ4v) is 2.02. The summed E-state index contributed by atoms with van der Waals surface area (Å²) in [6.45, 7) is 0.633. The van der Waals surface area contributed by atoms with E-state index in [2.05, 4.69) is 5.32 Å². The van der Waals surface area contributed by atoms with Crippen LogP contribution in [-0.2, 0) is 9.59 Å². The van der Waals surface area contributed by atoms with Crippen LogP contribution in [0.5, 0.6) is 0 Å². The molecular weight excluding hydrogens is 249 g/mol. The van der Waals surface area contributed by atoms with Gasteiger partial charge in [-0.1, -0.05) is 0 Å². The first-order chi connectivity index (χ1) is 9.06. The van der Waals surface area contributed by atoms with E-state index in [9.17, 15) is 14.0 Å². The van der Waals surface area contributed by atoms with Gasteiger partial charge in [0.15, 0.2) is 0 Å². The van der Waals surface area contributed by atoms with E-state index in [0.29, 0.717) is 18.7 Å². The number of anilines is 2. The predicted octanol–water partition coefficient (Wildman–Crippen LogP) is 1.36. The number of piperidine rings is 1. The third kappa shape index (κ3) is 3.43. The lowest BCUT2D eigenvalue weighted by atomic mass is 10.1. The van der Waals surface area contributed by atoms with Gasteiger partial charge in [0.25, 0.3) is 0 Å². The molecular formula is C13H16FN3O2. The molecule has 1 aromatic rings. The van der Waals surface area contributed by atoms with Crippen molar-refractivity contribution in [1.82, 2.24) is 4.90 Å². The van der Waals surface area contributed by atoms with Gasteiger partial charge in [-0.3, -0.25) is 9.59 Å². The van der Waals surface area contributed by atoms with E-state index in [4.69, 9.17) is 5.73 Å². The fraction of sp³-hybridized carbons (Fsp3) is 0.385. The van der Waals surface area contributed by atoms with Crippen molar-refractivity contribution in [2.75, 3.05) is 24.1 Å². The van der Waals surface area contributed by atoms with Crippen molar-refractivity contribution < 1.29 is 14.0 Å². The lowest BCUT2D eigenvalue weighted by Gasteiger charge is -2.25. The van der Waals surface area contributed by atoms with Gasteiger partial charge >= 0.3 is 0 Å². The molecule has 1 aliphatic rings. The SMILES string of the molecule is Nc1cc(NC(=O)CN2CCCCC2=O)ccc1F. The van der Waals surface area contributed by atoms with Gasteiger partial charge in [-0.15, -0.1) is 0 Å². The summed E-state index contributed by atoms with van der Waals surface area (Å²) in [5, 5.41) is 2.60. The Morgan fingerprint density at radius 1 is 1.42 bits per heavy atom. The number of hydrogen-bond donors (Lipinski definition) is 2. The second-order valence-corrected chi connectivity index (χ2v) is 4.56. The van der Waals surface area contributed by atoms with Gasteiger partial charge in [0.1, 0.15) is 5.82 Å². The van der Waals surface area contributed by atoms with Crippen LogP contribution in [-0.4, -0.2) is 29.8 Å². The zero-order chi connectivity index (χ0) is 13.8. The molecule has 2 rings (SSSR count). The van der Waals surface area contributed by atoms with Crippen LogP contribution in [0, 0.1) is 5.82 Å². The normalized spacial score (nSPS) is 15.4. The van der Waals surface area contributed by atoms with Crippen LogP contribution >= 0.6 is 0 Å². The summed E-state index contributed by atoms with van der Waals surface area (Å²) in [5.74, 6) is -0.828. The topological polar surface area (TPSA) is 75.4 Å². The highest BCUT2D eigenvalue weighted by Crippen LogP contribution is 2.16. The number of nitrogen functional groups attached to an aromatic ring is 1. The third-order valence-corrected chi connectivity index (χ3v) is 3.04. The summed E-state index contributed by atoms with van der Waals surface area (Å²) < 4.78 is 13.0. The van der Waals surface area contributed by atoms with E-state index in [-0.39, 0.29) is 24.0 Å². The average molecular weight is 265 g/mol. The van der Waals surface area contributed by atoms with Gasteiger partial charge < -0.3 is 16.0 Å². The maximum absolute atomic E-state index is 13.0. The van der Waals surface area contributed by atoms with Crippen LogP contribution in [0.3, 0.4) is 0 Å². The van der Waals surface area contributed by atoms with Crippen molar-refractivity contribution in [2.45, 2.75) is 19.3 Å². The molecule has 102 valence electrons. The first kappa shape index (κ1) is 13.3.